The summed E-state index contributed by atoms with van der Waals surface area (Å²) in [6, 6.07) is 0. The Morgan fingerprint density at radius 2 is 2.06 bits per heavy atom. The minimum absolute atomic E-state index is 0.395. The molecule has 0 spiro atoms. The maximum atomic E-state index is 11.2. The van der Waals surface area contributed by atoms with Crippen molar-refractivity contribution in [3.05, 3.63) is 0 Å². The fourth-order valence-electron chi connectivity index (χ4n) is 2.05. The first-order chi connectivity index (χ1) is 7.49. The predicted molar refractivity (Wildman–Crippen MR) is 67.4 cm³/mol. The molecule has 1 saturated heterocycles. The molecule has 1 N–H and O–H groups in total. The van der Waals surface area contributed by atoms with Gasteiger partial charge >= 0.3 is 0 Å². The molecule has 0 aromatic heterocycles. The first-order valence-electron chi connectivity index (χ1n) is 6.05. The summed E-state index contributed by atoms with van der Waals surface area (Å²) in [4.78, 5) is 2.17. The van der Waals surface area contributed by atoms with E-state index in [-0.39, 0.29) is 0 Å². The standard InChI is InChI=1S/C11H24N2O2S/c1-13(2)8-3-6-12-7-4-11-5-9-16(14,15)10-11/h11-12H,3-10H2,1-2H3. The molecule has 0 bridgehead atoms. The average molecular weight is 248 g/mol. The normalized spacial score (nSPS) is 24.1. The number of hydrogen-bond acceptors (Lipinski definition) is 4. The molecule has 1 aliphatic heterocycles. The van der Waals surface area contributed by atoms with Crippen molar-refractivity contribution in [3.63, 3.8) is 0 Å². The van der Waals surface area contributed by atoms with E-state index in [0.717, 1.165) is 38.9 Å². The molecule has 0 amide bonds. The molecule has 1 rings (SSSR count). The molecular formula is C11H24N2O2S. The number of hydrogen-bond donors (Lipinski definition) is 1. The van der Waals surface area contributed by atoms with Gasteiger partial charge < -0.3 is 10.2 Å². The van der Waals surface area contributed by atoms with Crippen molar-refractivity contribution < 1.29 is 8.42 Å². The van der Waals surface area contributed by atoms with Gasteiger partial charge in [0.1, 0.15) is 0 Å². The molecule has 0 aromatic rings. The van der Waals surface area contributed by atoms with Crippen molar-refractivity contribution in [2.45, 2.75) is 19.3 Å². The molecular weight excluding hydrogens is 224 g/mol. The lowest BCUT2D eigenvalue weighted by molar-refractivity contribution is 0.391. The lowest BCUT2D eigenvalue weighted by Crippen LogP contribution is -2.23. The highest BCUT2D eigenvalue weighted by atomic mass is 32.2. The van der Waals surface area contributed by atoms with Crippen LogP contribution < -0.4 is 5.32 Å². The SMILES string of the molecule is CN(C)CCCNCCC1CCS(=O)(=O)C1. The van der Waals surface area contributed by atoms with Gasteiger partial charge in [-0.1, -0.05) is 0 Å². The summed E-state index contributed by atoms with van der Waals surface area (Å²) in [5.74, 6) is 1.20. The van der Waals surface area contributed by atoms with Crippen molar-refractivity contribution in [1.29, 1.82) is 0 Å². The molecule has 5 heteroatoms. The van der Waals surface area contributed by atoms with Gasteiger partial charge in [0.05, 0.1) is 11.5 Å². The molecule has 1 unspecified atom stereocenters. The Bertz CT molecular complexity index is 288. The van der Waals surface area contributed by atoms with E-state index >= 15 is 0 Å². The molecule has 16 heavy (non-hydrogen) atoms. The second kappa shape index (κ2) is 6.57. The lowest BCUT2D eigenvalue weighted by atomic mass is 10.1. The third kappa shape index (κ3) is 5.82. The van der Waals surface area contributed by atoms with E-state index < -0.39 is 9.84 Å². The Morgan fingerprint density at radius 1 is 1.31 bits per heavy atom. The molecule has 0 saturated carbocycles. The zero-order valence-corrected chi connectivity index (χ0v) is 11.2. The zero-order chi connectivity index (χ0) is 12.0. The Morgan fingerprint density at radius 3 is 2.62 bits per heavy atom. The monoisotopic (exact) mass is 248 g/mol. The first kappa shape index (κ1) is 13.9. The van der Waals surface area contributed by atoms with Crippen molar-refractivity contribution in [2.75, 3.05) is 45.2 Å². The van der Waals surface area contributed by atoms with Crippen LogP contribution >= 0.6 is 0 Å². The highest BCUT2D eigenvalue weighted by Crippen LogP contribution is 2.20. The summed E-state index contributed by atoms with van der Waals surface area (Å²) in [7, 11) is 1.46. The lowest BCUT2D eigenvalue weighted by Gasteiger charge is -2.11. The fraction of sp³-hybridized carbons (Fsp3) is 1.00. The van der Waals surface area contributed by atoms with Gasteiger partial charge in [-0.25, -0.2) is 8.42 Å². The molecule has 1 atom stereocenters. The largest absolute Gasteiger partial charge is 0.317 e. The maximum Gasteiger partial charge on any atom is 0.150 e. The summed E-state index contributed by atoms with van der Waals surface area (Å²) in [5.41, 5.74) is 0. The Balaban J connectivity index is 1.96. The first-order valence-corrected chi connectivity index (χ1v) is 7.87. The summed E-state index contributed by atoms with van der Waals surface area (Å²) < 4.78 is 22.5. The second-order valence-electron chi connectivity index (χ2n) is 4.96. The third-order valence-corrected chi connectivity index (χ3v) is 4.85. The molecule has 0 aliphatic carbocycles. The summed E-state index contributed by atoms with van der Waals surface area (Å²) >= 11 is 0. The van der Waals surface area contributed by atoms with Crippen molar-refractivity contribution >= 4 is 9.84 Å². The topological polar surface area (TPSA) is 49.4 Å². The molecule has 1 fully saturated rings. The van der Waals surface area contributed by atoms with Gasteiger partial charge in [-0.2, -0.15) is 0 Å². The average Bonchev–Trinajstić information content (AvgIpc) is 2.51. The fourth-order valence-corrected chi connectivity index (χ4v) is 3.96. The highest BCUT2D eigenvalue weighted by molar-refractivity contribution is 7.91. The van der Waals surface area contributed by atoms with Crippen LogP contribution in [0.5, 0.6) is 0 Å². The van der Waals surface area contributed by atoms with Gasteiger partial charge in [0.15, 0.2) is 9.84 Å². The summed E-state index contributed by atoms with van der Waals surface area (Å²) in [6.45, 7) is 3.08. The molecule has 4 nitrogen and oxygen atoms in total. The second-order valence-corrected chi connectivity index (χ2v) is 7.19. The van der Waals surface area contributed by atoms with E-state index in [2.05, 4.69) is 24.3 Å². The summed E-state index contributed by atoms with van der Waals surface area (Å²) in [5, 5.41) is 3.37. The minimum Gasteiger partial charge on any atom is -0.317 e. The van der Waals surface area contributed by atoms with E-state index in [0.29, 0.717) is 17.4 Å². The van der Waals surface area contributed by atoms with Crippen LogP contribution in [0.1, 0.15) is 19.3 Å². The van der Waals surface area contributed by atoms with E-state index in [4.69, 9.17) is 0 Å². The zero-order valence-electron chi connectivity index (χ0n) is 10.4. The molecule has 1 heterocycles. The number of sulfone groups is 1. The Kier molecular flexibility index (Phi) is 5.72. The molecule has 1 aliphatic rings. The van der Waals surface area contributed by atoms with Crippen molar-refractivity contribution in [1.82, 2.24) is 10.2 Å². The molecule has 0 radical (unpaired) electrons. The van der Waals surface area contributed by atoms with Gasteiger partial charge in [-0.3, -0.25) is 0 Å². The molecule has 96 valence electrons. The van der Waals surface area contributed by atoms with Gasteiger partial charge in [-0.15, -0.1) is 0 Å². The smallest absolute Gasteiger partial charge is 0.150 e. The Labute approximate surface area is 99.3 Å². The van der Waals surface area contributed by atoms with Crippen LogP contribution in [-0.2, 0) is 9.84 Å². The van der Waals surface area contributed by atoms with Crippen molar-refractivity contribution in [3.8, 4) is 0 Å². The Hall–Kier alpha value is -0.130. The van der Waals surface area contributed by atoms with Gasteiger partial charge in [0, 0.05) is 0 Å². The predicted octanol–water partition coefficient (Wildman–Crippen LogP) is 0.353. The van der Waals surface area contributed by atoms with Gasteiger partial charge in [0.25, 0.3) is 0 Å². The summed E-state index contributed by atoms with van der Waals surface area (Å²) in [6.07, 6.45) is 3.01. The van der Waals surface area contributed by atoms with Gasteiger partial charge in [0.2, 0.25) is 0 Å². The number of nitrogens with one attached hydrogen (secondary N) is 1. The van der Waals surface area contributed by atoms with Crippen LogP contribution in [-0.4, -0.2) is 58.6 Å². The minimum atomic E-state index is -2.69. The van der Waals surface area contributed by atoms with E-state index in [9.17, 15) is 8.42 Å². The number of rotatable bonds is 7. The third-order valence-electron chi connectivity index (χ3n) is 3.01. The van der Waals surface area contributed by atoms with E-state index in [1.807, 2.05) is 0 Å². The van der Waals surface area contributed by atoms with Crippen LogP contribution in [0.15, 0.2) is 0 Å². The van der Waals surface area contributed by atoms with Crippen LogP contribution in [0, 0.1) is 5.92 Å². The van der Waals surface area contributed by atoms with Crippen LogP contribution in [0.2, 0.25) is 0 Å². The van der Waals surface area contributed by atoms with Crippen LogP contribution in [0.25, 0.3) is 0 Å². The quantitative estimate of drug-likeness (QED) is 0.661. The van der Waals surface area contributed by atoms with Crippen LogP contribution in [0.4, 0.5) is 0 Å². The van der Waals surface area contributed by atoms with Crippen LogP contribution in [0.3, 0.4) is 0 Å². The highest BCUT2D eigenvalue weighted by Gasteiger charge is 2.26. The maximum absolute atomic E-state index is 11.2. The van der Waals surface area contributed by atoms with Crippen molar-refractivity contribution in [2.24, 2.45) is 5.92 Å². The molecule has 0 aromatic carbocycles. The van der Waals surface area contributed by atoms with E-state index in [1.54, 1.807) is 0 Å². The van der Waals surface area contributed by atoms with E-state index in [1.165, 1.54) is 0 Å². The number of nitrogens with zero attached hydrogens (tertiary/aromatic N) is 1. The van der Waals surface area contributed by atoms with Gasteiger partial charge in [-0.05, 0) is 58.9 Å².